The summed E-state index contributed by atoms with van der Waals surface area (Å²) in [7, 11) is -2.06. The van der Waals surface area contributed by atoms with Gasteiger partial charge in [-0.25, -0.2) is 9.97 Å². The van der Waals surface area contributed by atoms with E-state index in [0.29, 0.717) is 0 Å². The third kappa shape index (κ3) is 3.75. The van der Waals surface area contributed by atoms with Crippen LogP contribution in [-0.2, 0) is 0 Å². The van der Waals surface area contributed by atoms with Gasteiger partial charge in [-0.15, -0.1) is 0 Å². The lowest BCUT2D eigenvalue weighted by Crippen LogP contribution is -2.50. The SMILES string of the molecule is C[Si]1(C)c2ccccc2-c2c(-c3cccc(-n4c5ccccc5c5cc6oc7ccccc7c6cc54)c3)nc(-c3ccccc3)nc21. The number of furan rings is 1. The molecule has 0 spiro atoms. The summed E-state index contributed by atoms with van der Waals surface area (Å²) in [6, 6.07) is 49.6. The molecule has 47 heavy (non-hydrogen) atoms. The van der Waals surface area contributed by atoms with Gasteiger partial charge in [0.1, 0.15) is 19.2 Å². The van der Waals surface area contributed by atoms with Crippen LogP contribution in [0.1, 0.15) is 0 Å². The number of benzene rings is 6. The van der Waals surface area contributed by atoms with Crippen LogP contribution in [0.5, 0.6) is 0 Å². The van der Waals surface area contributed by atoms with E-state index in [1.54, 1.807) is 0 Å². The number of aromatic nitrogens is 3. The second-order valence-electron chi connectivity index (χ2n) is 13.0. The van der Waals surface area contributed by atoms with Crippen molar-refractivity contribution in [2.45, 2.75) is 13.1 Å². The van der Waals surface area contributed by atoms with Gasteiger partial charge >= 0.3 is 0 Å². The average Bonchev–Trinajstić information content (AvgIpc) is 3.72. The molecule has 0 amide bonds. The maximum atomic E-state index is 6.32. The van der Waals surface area contributed by atoms with Crippen molar-refractivity contribution >= 4 is 62.3 Å². The predicted octanol–water partition coefficient (Wildman–Crippen LogP) is 9.61. The van der Waals surface area contributed by atoms with E-state index in [9.17, 15) is 0 Å². The zero-order chi connectivity index (χ0) is 31.3. The molecule has 0 fully saturated rings. The first-order valence-corrected chi connectivity index (χ1v) is 19.1. The van der Waals surface area contributed by atoms with Gasteiger partial charge < -0.3 is 8.98 Å². The highest BCUT2D eigenvalue weighted by Gasteiger charge is 2.41. The molecule has 0 aliphatic carbocycles. The van der Waals surface area contributed by atoms with Gasteiger partial charge in [-0.1, -0.05) is 116 Å². The first kappa shape index (κ1) is 26.4. The van der Waals surface area contributed by atoms with Crippen molar-refractivity contribution in [2.24, 2.45) is 0 Å². The summed E-state index contributed by atoms with van der Waals surface area (Å²) in [5.74, 6) is 0.782. The highest BCUT2D eigenvalue weighted by molar-refractivity contribution is 7.03. The van der Waals surface area contributed by atoms with Gasteiger partial charge in [0.15, 0.2) is 5.82 Å². The Hall–Kier alpha value is -5.78. The van der Waals surface area contributed by atoms with Crippen molar-refractivity contribution in [1.29, 1.82) is 0 Å². The van der Waals surface area contributed by atoms with Crippen LogP contribution in [0.2, 0.25) is 13.1 Å². The summed E-state index contributed by atoms with van der Waals surface area (Å²) in [6.07, 6.45) is 0. The van der Waals surface area contributed by atoms with Crippen molar-refractivity contribution in [2.75, 3.05) is 0 Å². The van der Waals surface area contributed by atoms with Crippen molar-refractivity contribution in [3.63, 3.8) is 0 Å². The number of hydrogen-bond donors (Lipinski definition) is 0. The maximum Gasteiger partial charge on any atom is 0.159 e. The van der Waals surface area contributed by atoms with Crippen LogP contribution >= 0.6 is 0 Å². The molecule has 0 bridgehead atoms. The third-order valence-electron chi connectivity index (χ3n) is 9.95. The maximum absolute atomic E-state index is 6.32. The Morgan fingerprint density at radius 1 is 0.553 bits per heavy atom. The molecule has 5 heteroatoms. The Bertz CT molecular complexity index is 2720. The van der Waals surface area contributed by atoms with E-state index in [1.807, 2.05) is 18.2 Å². The zero-order valence-electron chi connectivity index (χ0n) is 26.0. The van der Waals surface area contributed by atoms with E-state index in [1.165, 1.54) is 32.4 Å². The highest BCUT2D eigenvalue weighted by atomic mass is 28.3. The number of fused-ring (bicyclic) bond motifs is 9. The van der Waals surface area contributed by atoms with Crippen LogP contribution in [0.4, 0.5) is 0 Å². The van der Waals surface area contributed by atoms with Gasteiger partial charge in [0, 0.05) is 49.2 Å². The first-order valence-electron chi connectivity index (χ1n) is 16.1. The predicted molar refractivity (Wildman–Crippen MR) is 197 cm³/mol. The van der Waals surface area contributed by atoms with Crippen LogP contribution in [0.3, 0.4) is 0 Å². The summed E-state index contributed by atoms with van der Waals surface area (Å²) < 4.78 is 8.71. The molecule has 0 saturated heterocycles. The lowest BCUT2D eigenvalue weighted by atomic mass is 10.00. The van der Waals surface area contributed by atoms with Crippen LogP contribution in [0, 0.1) is 0 Å². The lowest BCUT2D eigenvalue weighted by molar-refractivity contribution is 0.669. The summed E-state index contributed by atoms with van der Waals surface area (Å²) in [4.78, 5) is 10.7. The Morgan fingerprint density at radius 2 is 1.30 bits per heavy atom. The monoisotopic (exact) mass is 619 g/mol. The van der Waals surface area contributed by atoms with E-state index < -0.39 is 8.07 Å². The summed E-state index contributed by atoms with van der Waals surface area (Å²) >= 11 is 0. The van der Waals surface area contributed by atoms with Crippen LogP contribution in [0.25, 0.3) is 83.2 Å². The highest BCUT2D eigenvalue weighted by Crippen LogP contribution is 2.40. The van der Waals surface area contributed by atoms with E-state index in [0.717, 1.165) is 61.3 Å². The number of nitrogens with zero attached hydrogens (tertiary/aromatic N) is 3. The van der Waals surface area contributed by atoms with Gasteiger partial charge in [-0.2, -0.15) is 0 Å². The van der Waals surface area contributed by atoms with Crippen molar-refractivity contribution in [1.82, 2.24) is 14.5 Å². The Balaban J connectivity index is 1.26. The van der Waals surface area contributed by atoms with E-state index in [2.05, 4.69) is 139 Å². The molecule has 10 rings (SSSR count). The fourth-order valence-corrected chi connectivity index (χ4v) is 10.6. The molecule has 222 valence electrons. The van der Waals surface area contributed by atoms with Gasteiger partial charge in [-0.05, 0) is 47.1 Å². The Labute approximate surface area is 272 Å². The molecule has 6 aromatic carbocycles. The average molecular weight is 620 g/mol. The normalized spacial score (nSPS) is 13.5. The molecule has 0 atom stereocenters. The minimum Gasteiger partial charge on any atom is -0.456 e. The molecule has 4 nitrogen and oxygen atoms in total. The minimum absolute atomic E-state index is 0.782. The van der Waals surface area contributed by atoms with Crippen LogP contribution < -0.4 is 10.5 Å². The van der Waals surface area contributed by atoms with Crippen molar-refractivity contribution in [3.8, 4) is 39.5 Å². The second kappa shape index (κ2) is 9.61. The quantitative estimate of drug-likeness (QED) is 0.185. The van der Waals surface area contributed by atoms with Crippen LogP contribution in [0.15, 0.2) is 144 Å². The Kier molecular flexibility index (Phi) is 5.41. The fraction of sp³-hybridized carbons (Fsp3) is 0.0476. The molecule has 9 aromatic rings. The molecular formula is C42H29N3OSi. The van der Waals surface area contributed by atoms with E-state index in [4.69, 9.17) is 14.4 Å². The second-order valence-corrected chi connectivity index (χ2v) is 17.3. The molecule has 1 aliphatic rings. The fourth-order valence-electron chi connectivity index (χ4n) is 7.72. The van der Waals surface area contributed by atoms with Gasteiger partial charge in [-0.3, -0.25) is 0 Å². The van der Waals surface area contributed by atoms with E-state index >= 15 is 0 Å². The van der Waals surface area contributed by atoms with Gasteiger partial charge in [0.2, 0.25) is 0 Å². The molecule has 4 heterocycles. The molecule has 3 aromatic heterocycles. The Morgan fingerprint density at radius 3 is 2.19 bits per heavy atom. The molecule has 0 unspecified atom stereocenters. The van der Waals surface area contributed by atoms with Crippen molar-refractivity contribution < 1.29 is 4.42 Å². The smallest absolute Gasteiger partial charge is 0.159 e. The third-order valence-corrected chi connectivity index (χ3v) is 13.3. The molecule has 0 N–H and O–H groups in total. The summed E-state index contributed by atoms with van der Waals surface area (Å²) in [5.41, 5.74) is 10.8. The topological polar surface area (TPSA) is 43.9 Å². The van der Waals surface area contributed by atoms with Gasteiger partial charge in [0.25, 0.3) is 0 Å². The molecule has 0 saturated carbocycles. The van der Waals surface area contributed by atoms with Crippen LogP contribution in [-0.4, -0.2) is 22.6 Å². The number of rotatable bonds is 3. The molecule has 0 radical (unpaired) electrons. The van der Waals surface area contributed by atoms with E-state index in [-0.39, 0.29) is 0 Å². The first-order chi connectivity index (χ1) is 23.1. The molecular weight excluding hydrogens is 591 g/mol. The van der Waals surface area contributed by atoms with Crippen molar-refractivity contribution in [3.05, 3.63) is 140 Å². The number of para-hydroxylation sites is 2. The summed E-state index contributed by atoms with van der Waals surface area (Å²) in [5, 5.41) is 7.26. The largest absolute Gasteiger partial charge is 0.456 e. The number of hydrogen-bond acceptors (Lipinski definition) is 3. The van der Waals surface area contributed by atoms with Gasteiger partial charge in [0.05, 0.1) is 16.7 Å². The standard InChI is InChI=1S/C42H29N3OSi/c1-47(2)38-22-11-8-19-31(38)39-40(43-41(44-42(39)47)26-13-4-3-5-14-26)27-15-12-16-28(23-27)45-34-20-9-6-17-29(34)32-25-37-33(24-35(32)45)30-18-7-10-21-36(30)46-37/h3-25H,1-2H3. The minimum atomic E-state index is -2.06. The lowest BCUT2D eigenvalue weighted by Gasteiger charge is -2.19. The molecule has 1 aliphatic heterocycles. The zero-order valence-corrected chi connectivity index (χ0v) is 27.0. The summed E-state index contributed by atoms with van der Waals surface area (Å²) in [6.45, 7) is 4.83.